The van der Waals surface area contributed by atoms with Crippen LogP contribution in [0.15, 0.2) is 0 Å². The molecular formula is C12H25NO2S. The van der Waals surface area contributed by atoms with E-state index in [1.807, 2.05) is 0 Å². The highest BCUT2D eigenvalue weighted by Gasteiger charge is 2.28. The fourth-order valence-electron chi connectivity index (χ4n) is 2.08. The molecule has 1 atom stereocenters. The number of hydrogen-bond acceptors (Lipinski definition) is 3. The van der Waals surface area contributed by atoms with Crippen LogP contribution in [-0.4, -0.2) is 32.0 Å². The highest BCUT2D eigenvalue weighted by molar-refractivity contribution is 7.92. The van der Waals surface area contributed by atoms with Gasteiger partial charge >= 0.3 is 0 Å². The van der Waals surface area contributed by atoms with Crippen molar-refractivity contribution >= 4 is 9.84 Å². The molecule has 0 bridgehead atoms. The van der Waals surface area contributed by atoms with Gasteiger partial charge in [-0.2, -0.15) is 0 Å². The van der Waals surface area contributed by atoms with Gasteiger partial charge in [-0.25, -0.2) is 8.42 Å². The maximum absolute atomic E-state index is 11.9. The maximum atomic E-state index is 11.9. The van der Waals surface area contributed by atoms with Gasteiger partial charge in [0.2, 0.25) is 0 Å². The summed E-state index contributed by atoms with van der Waals surface area (Å²) in [5.74, 6) is 0.850. The van der Waals surface area contributed by atoms with E-state index in [1.165, 1.54) is 0 Å². The topological polar surface area (TPSA) is 46.2 Å². The quantitative estimate of drug-likeness (QED) is 0.780. The van der Waals surface area contributed by atoms with Crippen molar-refractivity contribution < 1.29 is 8.42 Å². The molecule has 0 aromatic carbocycles. The first-order valence-corrected chi connectivity index (χ1v) is 8.10. The molecule has 0 radical (unpaired) electrons. The van der Waals surface area contributed by atoms with Crippen LogP contribution in [0, 0.1) is 5.92 Å². The van der Waals surface area contributed by atoms with Gasteiger partial charge in [0, 0.05) is 12.6 Å². The van der Waals surface area contributed by atoms with E-state index in [0.717, 1.165) is 25.7 Å². The summed E-state index contributed by atoms with van der Waals surface area (Å²) < 4.78 is 23.9. The molecule has 1 aliphatic carbocycles. The van der Waals surface area contributed by atoms with E-state index in [-0.39, 0.29) is 5.25 Å². The van der Waals surface area contributed by atoms with Crippen molar-refractivity contribution in [2.75, 3.05) is 12.3 Å². The Balaban J connectivity index is 2.31. The maximum Gasteiger partial charge on any atom is 0.154 e. The Hall–Kier alpha value is -0.0900. The molecule has 0 spiro atoms. The number of hydrogen-bond donors (Lipinski definition) is 1. The minimum absolute atomic E-state index is 0.0522. The van der Waals surface area contributed by atoms with Gasteiger partial charge in [-0.15, -0.1) is 0 Å². The zero-order valence-corrected chi connectivity index (χ0v) is 11.5. The highest BCUT2D eigenvalue weighted by Crippen LogP contribution is 2.24. The van der Waals surface area contributed by atoms with Crippen molar-refractivity contribution in [2.45, 2.75) is 57.7 Å². The molecule has 1 aliphatic rings. The van der Waals surface area contributed by atoms with Gasteiger partial charge in [-0.3, -0.25) is 0 Å². The Labute approximate surface area is 99.9 Å². The van der Waals surface area contributed by atoms with Gasteiger partial charge in [0.15, 0.2) is 9.84 Å². The Morgan fingerprint density at radius 1 is 1.19 bits per heavy atom. The summed E-state index contributed by atoms with van der Waals surface area (Å²) >= 11 is 0. The smallest absolute Gasteiger partial charge is 0.154 e. The standard InChI is InChI=1S/C12H25NO2S/c1-10(2)11(3)13-8-9-16(14,15)12-6-4-5-7-12/h10-13H,4-9H2,1-3H3. The summed E-state index contributed by atoms with van der Waals surface area (Å²) in [6, 6.07) is 0.388. The lowest BCUT2D eigenvalue weighted by atomic mass is 10.1. The van der Waals surface area contributed by atoms with Crippen molar-refractivity contribution in [3.8, 4) is 0 Å². The minimum atomic E-state index is -2.84. The molecule has 1 saturated carbocycles. The summed E-state index contributed by atoms with van der Waals surface area (Å²) in [7, 11) is -2.84. The molecule has 4 heteroatoms. The van der Waals surface area contributed by atoms with E-state index in [1.54, 1.807) is 0 Å². The van der Waals surface area contributed by atoms with Crippen LogP contribution in [0.1, 0.15) is 46.5 Å². The van der Waals surface area contributed by atoms with Crippen molar-refractivity contribution in [3.05, 3.63) is 0 Å². The molecule has 0 saturated heterocycles. The third-order valence-corrected chi connectivity index (χ3v) is 5.92. The number of nitrogens with one attached hydrogen (secondary N) is 1. The molecule has 0 aromatic heterocycles. The second-order valence-electron chi connectivity index (χ2n) is 5.26. The molecule has 1 unspecified atom stereocenters. The second kappa shape index (κ2) is 6.01. The third kappa shape index (κ3) is 4.06. The van der Waals surface area contributed by atoms with Crippen molar-refractivity contribution in [1.29, 1.82) is 0 Å². The first kappa shape index (κ1) is 14.0. The molecule has 0 aliphatic heterocycles. The minimum Gasteiger partial charge on any atom is -0.313 e. The average Bonchev–Trinajstić information content (AvgIpc) is 2.70. The lowest BCUT2D eigenvalue weighted by Crippen LogP contribution is -2.36. The largest absolute Gasteiger partial charge is 0.313 e. The molecule has 16 heavy (non-hydrogen) atoms. The van der Waals surface area contributed by atoms with Gasteiger partial charge in [0.25, 0.3) is 0 Å². The molecule has 3 nitrogen and oxygen atoms in total. The van der Waals surface area contributed by atoms with E-state index in [2.05, 4.69) is 26.1 Å². The predicted molar refractivity (Wildman–Crippen MR) is 68.3 cm³/mol. The lowest BCUT2D eigenvalue weighted by Gasteiger charge is -2.18. The third-order valence-electron chi connectivity index (χ3n) is 3.66. The molecule has 1 N–H and O–H groups in total. The Bertz CT molecular complexity index is 292. The second-order valence-corrected chi connectivity index (χ2v) is 7.66. The van der Waals surface area contributed by atoms with Crippen LogP contribution in [0.5, 0.6) is 0 Å². The summed E-state index contributed by atoms with van der Waals surface area (Å²) in [4.78, 5) is 0. The molecule has 1 rings (SSSR count). The van der Waals surface area contributed by atoms with E-state index in [0.29, 0.717) is 24.3 Å². The first-order valence-electron chi connectivity index (χ1n) is 6.38. The van der Waals surface area contributed by atoms with E-state index >= 15 is 0 Å². The van der Waals surface area contributed by atoms with Crippen molar-refractivity contribution in [2.24, 2.45) is 5.92 Å². The van der Waals surface area contributed by atoms with Crippen LogP contribution in [0.25, 0.3) is 0 Å². The summed E-state index contributed by atoms with van der Waals surface area (Å²) in [5.41, 5.74) is 0. The van der Waals surface area contributed by atoms with Gasteiger partial charge in [-0.1, -0.05) is 26.7 Å². The first-order chi connectivity index (χ1) is 7.43. The Morgan fingerprint density at radius 2 is 1.75 bits per heavy atom. The highest BCUT2D eigenvalue weighted by atomic mass is 32.2. The summed E-state index contributed by atoms with van der Waals surface area (Å²) in [6.45, 7) is 6.98. The fraction of sp³-hybridized carbons (Fsp3) is 1.00. The van der Waals surface area contributed by atoms with Gasteiger partial charge in [0.1, 0.15) is 0 Å². The van der Waals surface area contributed by atoms with Gasteiger partial charge < -0.3 is 5.32 Å². The Kier molecular flexibility index (Phi) is 5.25. The van der Waals surface area contributed by atoms with Crippen LogP contribution in [0.3, 0.4) is 0 Å². The molecular weight excluding hydrogens is 222 g/mol. The summed E-state index contributed by atoms with van der Waals surface area (Å²) in [6.07, 6.45) is 3.92. The van der Waals surface area contributed by atoms with Gasteiger partial charge in [-0.05, 0) is 25.7 Å². The predicted octanol–water partition coefficient (Wildman–Crippen LogP) is 1.98. The Morgan fingerprint density at radius 3 is 2.25 bits per heavy atom. The molecule has 0 amide bonds. The van der Waals surface area contributed by atoms with Crippen LogP contribution in [0.4, 0.5) is 0 Å². The van der Waals surface area contributed by atoms with Crippen molar-refractivity contribution in [3.63, 3.8) is 0 Å². The lowest BCUT2D eigenvalue weighted by molar-refractivity contribution is 0.436. The molecule has 0 heterocycles. The molecule has 96 valence electrons. The van der Waals surface area contributed by atoms with Crippen LogP contribution in [0.2, 0.25) is 0 Å². The summed E-state index contributed by atoms with van der Waals surface area (Å²) in [5, 5.41) is 3.23. The molecule has 1 fully saturated rings. The van der Waals surface area contributed by atoms with Gasteiger partial charge in [0.05, 0.1) is 11.0 Å². The SMILES string of the molecule is CC(C)C(C)NCCS(=O)(=O)C1CCCC1. The van der Waals surface area contributed by atoms with E-state index in [9.17, 15) is 8.42 Å². The van der Waals surface area contributed by atoms with Crippen LogP contribution >= 0.6 is 0 Å². The number of sulfone groups is 1. The fourth-order valence-corrected chi connectivity index (χ4v) is 3.87. The van der Waals surface area contributed by atoms with Crippen LogP contribution in [-0.2, 0) is 9.84 Å². The van der Waals surface area contributed by atoms with E-state index < -0.39 is 9.84 Å². The monoisotopic (exact) mass is 247 g/mol. The zero-order valence-electron chi connectivity index (χ0n) is 10.7. The average molecular weight is 247 g/mol. The normalized spacial score (nSPS) is 20.5. The number of rotatable bonds is 6. The zero-order chi connectivity index (χ0) is 12.2. The molecule has 0 aromatic rings. The van der Waals surface area contributed by atoms with Crippen LogP contribution < -0.4 is 5.32 Å². The van der Waals surface area contributed by atoms with Crippen molar-refractivity contribution in [1.82, 2.24) is 5.32 Å². The van der Waals surface area contributed by atoms with E-state index in [4.69, 9.17) is 0 Å².